The Morgan fingerprint density at radius 3 is 2.82 bits per heavy atom. The summed E-state index contributed by atoms with van der Waals surface area (Å²) in [7, 11) is 0. The first-order chi connectivity index (χ1) is 5.36. The van der Waals surface area contributed by atoms with E-state index in [1.165, 1.54) is 0 Å². The van der Waals surface area contributed by atoms with Gasteiger partial charge in [-0.2, -0.15) is 0 Å². The third kappa shape index (κ3) is 2.00. The lowest BCUT2D eigenvalue weighted by molar-refractivity contribution is -0.107. The SMILES string of the molecule is C=Cc1ccc(CC=O)cn1. The Kier molecular flexibility index (Phi) is 2.55. The molecular weight excluding hydrogens is 138 g/mol. The first-order valence-corrected chi connectivity index (χ1v) is 3.38. The van der Waals surface area contributed by atoms with Crippen LogP contribution in [0.25, 0.3) is 6.08 Å². The molecule has 11 heavy (non-hydrogen) atoms. The molecule has 0 bridgehead atoms. The first kappa shape index (κ1) is 7.66. The van der Waals surface area contributed by atoms with E-state index in [4.69, 9.17) is 0 Å². The van der Waals surface area contributed by atoms with Crippen molar-refractivity contribution >= 4 is 12.4 Å². The van der Waals surface area contributed by atoms with Gasteiger partial charge in [0, 0.05) is 12.6 Å². The van der Waals surface area contributed by atoms with E-state index < -0.39 is 0 Å². The molecule has 0 aliphatic rings. The lowest BCUT2D eigenvalue weighted by Crippen LogP contribution is -1.87. The molecule has 0 radical (unpaired) electrons. The number of nitrogens with zero attached hydrogens (tertiary/aromatic N) is 1. The third-order valence-electron chi connectivity index (χ3n) is 1.38. The number of aldehydes is 1. The Balaban J connectivity index is 2.81. The van der Waals surface area contributed by atoms with Crippen molar-refractivity contribution in [2.75, 3.05) is 0 Å². The Labute approximate surface area is 65.6 Å². The maximum Gasteiger partial charge on any atom is 0.124 e. The molecule has 0 aliphatic carbocycles. The highest BCUT2D eigenvalue weighted by atomic mass is 16.1. The summed E-state index contributed by atoms with van der Waals surface area (Å²) in [5.41, 5.74) is 1.77. The van der Waals surface area contributed by atoms with Crippen LogP contribution in [0.5, 0.6) is 0 Å². The largest absolute Gasteiger partial charge is 0.303 e. The highest BCUT2D eigenvalue weighted by Crippen LogP contribution is 2.00. The van der Waals surface area contributed by atoms with Crippen molar-refractivity contribution in [1.29, 1.82) is 0 Å². The van der Waals surface area contributed by atoms with Crippen molar-refractivity contribution in [1.82, 2.24) is 4.98 Å². The molecule has 0 N–H and O–H groups in total. The second-order valence-electron chi connectivity index (χ2n) is 2.17. The van der Waals surface area contributed by atoms with Crippen LogP contribution >= 0.6 is 0 Å². The second kappa shape index (κ2) is 3.66. The topological polar surface area (TPSA) is 30.0 Å². The number of rotatable bonds is 3. The highest BCUT2D eigenvalue weighted by molar-refractivity contribution is 5.55. The Bertz CT molecular complexity index is 251. The molecule has 56 valence electrons. The van der Waals surface area contributed by atoms with Gasteiger partial charge in [-0.05, 0) is 17.7 Å². The Hall–Kier alpha value is -1.44. The molecule has 0 aromatic carbocycles. The quantitative estimate of drug-likeness (QED) is 0.606. The maximum atomic E-state index is 10.1. The molecule has 1 rings (SSSR count). The predicted molar refractivity (Wildman–Crippen MR) is 44.1 cm³/mol. The Morgan fingerprint density at radius 1 is 1.55 bits per heavy atom. The van der Waals surface area contributed by atoms with Crippen molar-refractivity contribution < 1.29 is 4.79 Å². The molecule has 0 saturated carbocycles. The van der Waals surface area contributed by atoms with Crippen LogP contribution in [0.2, 0.25) is 0 Å². The van der Waals surface area contributed by atoms with E-state index in [9.17, 15) is 4.79 Å². The molecule has 1 heterocycles. The van der Waals surface area contributed by atoms with Gasteiger partial charge in [0.25, 0.3) is 0 Å². The lowest BCUT2D eigenvalue weighted by atomic mass is 10.2. The van der Waals surface area contributed by atoms with Gasteiger partial charge in [-0.3, -0.25) is 4.98 Å². The monoisotopic (exact) mass is 147 g/mol. The number of carbonyl (C=O) groups is 1. The van der Waals surface area contributed by atoms with Gasteiger partial charge in [-0.25, -0.2) is 0 Å². The highest BCUT2D eigenvalue weighted by Gasteiger charge is 1.90. The molecule has 2 nitrogen and oxygen atoms in total. The second-order valence-corrected chi connectivity index (χ2v) is 2.17. The normalized spacial score (nSPS) is 9.09. The van der Waals surface area contributed by atoms with Crippen molar-refractivity contribution in [3.8, 4) is 0 Å². The zero-order valence-electron chi connectivity index (χ0n) is 6.16. The smallest absolute Gasteiger partial charge is 0.124 e. The number of hydrogen-bond donors (Lipinski definition) is 0. The van der Waals surface area contributed by atoms with Gasteiger partial charge < -0.3 is 4.79 Å². The van der Waals surface area contributed by atoms with Crippen molar-refractivity contribution in [2.45, 2.75) is 6.42 Å². The summed E-state index contributed by atoms with van der Waals surface area (Å²) >= 11 is 0. The fraction of sp³-hybridized carbons (Fsp3) is 0.111. The number of pyridine rings is 1. The summed E-state index contributed by atoms with van der Waals surface area (Å²) in [6.45, 7) is 3.57. The summed E-state index contributed by atoms with van der Waals surface area (Å²) in [6, 6.07) is 3.71. The van der Waals surface area contributed by atoms with Crippen molar-refractivity contribution in [3.63, 3.8) is 0 Å². The zero-order chi connectivity index (χ0) is 8.10. The third-order valence-corrected chi connectivity index (χ3v) is 1.38. The standard InChI is InChI=1S/C9H9NO/c1-2-9-4-3-8(5-6-11)7-10-9/h2-4,6-7H,1,5H2. The van der Waals surface area contributed by atoms with Gasteiger partial charge in [0.1, 0.15) is 6.29 Å². The van der Waals surface area contributed by atoms with Crippen LogP contribution in [0.15, 0.2) is 24.9 Å². The number of hydrogen-bond acceptors (Lipinski definition) is 2. The van der Waals surface area contributed by atoms with Gasteiger partial charge in [0.15, 0.2) is 0 Å². The van der Waals surface area contributed by atoms with Gasteiger partial charge >= 0.3 is 0 Å². The van der Waals surface area contributed by atoms with Crippen LogP contribution < -0.4 is 0 Å². The molecule has 0 unspecified atom stereocenters. The fourth-order valence-electron chi connectivity index (χ4n) is 0.774. The summed E-state index contributed by atoms with van der Waals surface area (Å²) in [6.07, 6.45) is 4.66. The fourth-order valence-corrected chi connectivity index (χ4v) is 0.774. The van der Waals surface area contributed by atoms with Crippen molar-refractivity contribution in [2.24, 2.45) is 0 Å². The van der Waals surface area contributed by atoms with Gasteiger partial charge in [-0.1, -0.05) is 12.6 Å². The van der Waals surface area contributed by atoms with Gasteiger partial charge in [0.05, 0.1) is 5.69 Å². The average Bonchev–Trinajstić information content (AvgIpc) is 2.07. The first-order valence-electron chi connectivity index (χ1n) is 3.38. The molecule has 2 heteroatoms. The van der Waals surface area contributed by atoms with Gasteiger partial charge in [-0.15, -0.1) is 0 Å². The van der Waals surface area contributed by atoms with E-state index in [0.29, 0.717) is 6.42 Å². The van der Waals surface area contributed by atoms with Crippen molar-refractivity contribution in [3.05, 3.63) is 36.2 Å². The molecule has 0 saturated heterocycles. The van der Waals surface area contributed by atoms with Crippen LogP contribution in [0.3, 0.4) is 0 Å². The minimum absolute atomic E-state index is 0.435. The number of aromatic nitrogens is 1. The predicted octanol–water partition coefficient (Wildman–Crippen LogP) is 1.47. The molecule has 0 fully saturated rings. The lowest BCUT2D eigenvalue weighted by Gasteiger charge is -1.94. The molecule has 0 amide bonds. The number of carbonyl (C=O) groups excluding carboxylic acids is 1. The van der Waals surface area contributed by atoms with E-state index in [1.807, 2.05) is 12.1 Å². The molecule has 0 atom stereocenters. The zero-order valence-corrected chi connectivity index (χ0v) is 6.16. The molecule has 0 spiro atoms. The van der Waals surface area contributed by atoms with E-state index in [1.54, 1.807) is 12.3 Å². The van der Waals surface area contributed by atoms with Gasteiger partial charge in [0.2, 0.25) is 0 Å². The van der Waals surface area contributed by atoms with Crippen LogP contribution in [0.1, 0.15) is 11.3 Å². The average molecular weight is 147 g/mol. The Morgan fingerprint density at radius 2 is 2.36 bits per heavy atom. The van der Waals surface area contributed by atoms with Crippen LogP contribution in [0, 0.1) is 0 Å². The maximum absolute atomic E-state index is 10.1. The molecule has 1 aromatic heterocycles. The molecule has 1 aromatic rings. The van der Waals surface area contributed by atoms with E-state index in [0.717, 1.165) is 17.5 Å². The summed E-state index contributed by atoms with van der Waals surface area (Å²) in [5.74, 6) is 0. The summed E-state index contributed by atoms with van der Waals surface area (Å²) < 4.78 is 0. The van der Waals surface area contributed by atoms with E-state index in [-0.39, 0.29) is 0 Å². The minimum atomic E-state index is 0.435. The van der Waals surface area contributed by atoms with E-state index >= 15 is 0 Å². The molecular formula is C9H9NO. The summed E-state index contributed by atoms with van der Waals surface area (Å²) in [5, 5.41) is 0. The molecule has 0 aliphatic heterocycles. The van der Waals surface area contributed by atoms with E-state index in [2.05, 4.69) is 11.6 Å². The minimum Gasteiger partial charge on any atom is -0.303 e. The summed E-state index contributed by atoms with van der Waals surface area (Å²) in [4.78, 5) is 14.1. The van der Waals surface area contributed by atoms with Crippen LogP contribution in [0.4, 0.5) is 0 Å². The van der Waals surface area contributed by atoms with Crippen LogP contribution in [-0.4, -0.2) is 11.3 Å². The van der Waals surface area contributed by atoms with Crippen LogP contribution in [-0.2, 0) is 11.2 Å².